The van der Waals surface area contributed by atoms with E-state index in [1.165, 1.54) is 6.33 Å². The number of benzene rings is 3. The molecule has 3 aromatic carbocycles. The van der Waals surface area contributed by atoms with Crippen LogP contribution in [0, 0.1) is 0 Å². The second-order valence-corrected chi connectivity index (χ2v) is 7.42. The van der Waals surface area contributed by atoms with Gasteiger partial charge in [0.1, 0.15) is 12.7 Å². The first-order chi connectivity index (χ1) is 15.5. The van der Waals surface area contributed by atoms with Crippen LogP contribution in [-0.2, 0) is 0 Å². The van der Waals surface area contributed by atoms with Crippen LogP contribution in [0.1, 0.15) is 39.2 Å². The molecule has 0 aliphatic heterocycles. The number of aromatic nitrogens is 3. The highest BCUT2D eigenvalue weighted by atomic mass is 16.2. The van der Waals surface area contributed by atoms with Crippen molar-refractivity contribution in [3.63, 3.8) is 0 Å². The first-order valence-electron chi connectivity index (χ1n) is 10.2. The molecule has 1 unspecified atom stereocenters. The maximum atomic E-state index is 13.0. The third-order valence-corrected chi connectivity index (χ3v) is 5.39. The zero-order valence-electron chi connectivity index (χ0n) is 17.8. The van der Waals surface area contributed by atoms with E-state index in [2.05, 4.69) is 15.4 Å². The summed E-state index contributed by atoms with van der Waals surface area (Å²) in [5.74, 6) is -0.288. The van der Waals surface area contributed by atoms with Crippen LogP contribution in [0.15, 0.2) is 91.5 Å². The molecule has 0 radical (unpaired) electrons. The molecule has 0 spiro atoms. The van der Waals surface area contributed by atoms with Crippen molar-refractivity contribution in [3.05, 3.63) is 108 Å². The van der Waals surface area contributed by atoms with Crippen LogP contribution < -0.4 is 5.32 Å². The molecule has 0 saturated carbocycles. The predicted octanol–water partition coefficient (Wildman–Crippen LogP) is 4.35. The first-order valence-corrected chi connectivity index (χ1v) is 10.2. The second-order valence-electron chi connectivity index (χ2n) is 7.42. The highest BCUT2D eigenvalue weighted by Gasteiger charge is 2.19. The van der Waals surface area contributed by atoms with Crippen LogP contribution in [0.25, 0.3) is 5.69 Å². The fourth-order valence-electron chi connectivity index (χ4n) is 3.34. The molecule has 1 heterocycles. The SMILES string of the molecule is CC(c1ccc(-n2cncn2)cc1)N(C)C(=O)c1ccc(NC(=O)c2ccccc2)cc1. The molecule has 0 saturated heterocycles. The van der Waals surface area contributed by atoms with E-state index in [0.717, 1.165) is 11.3 Å². The zero-order valence-corrected chi connectivity index (χ0v) is 17.8. The van der Waals surface area contributed by atoms with Crippen LogP contribution in [0.2, 0.25) is 0 Å². The molecule has 4 aromatic rings. The molecule has 0 aliphatic carbocycles. The number of nitrogens with one attached hydrogen (secondary N) is 1. The third-order valence-electron chi connectivity index (χ3n) is 5.39. The monoisotopic (exact) mass is 425 g/mol. The van der Waals surface area contributed by atoms with Crippen LogP contribution >= 0.6 is 0 Å². The average Bonchev–Trinajstić information content (AvgIpc) is 3.39. The minimum Gasteiger partial charge on any atom is -0.335 e. The summed E-state index contributed by atoms with van der Waals surface area (Å²) in [7, 11) is 1.78. The van der Waals surface area contributed by atoms with E-state index in [1.54, 1.807) is 59.4 Å². The minimum atomic E-state index is -0.190. The normalized spacial score (nSPS) is 11.6. The molecule has 0 aliphatic rings. The van der Waals surface area contributed by atoms with Crippen molar-refractivity contribution in [2.45, 2.75) is 13.0 Å². The van der Waals surface area contributed by atoms with Gasteiger partial charge in [-0.3, -0.25) is 9.59 Å². The van der Waals surface area contributed by atoms with Crippen molar-refractivity contribution >= 4 is 17.5 Å². The number of anilines is 1. The standard InChI is InChI=1S/C25H23N5O2/c1-18(19-10-14-23(15-11-19)30-17-26-16-27-30)29(2)25(32)21-8-12-22(13-9-21)28-24(31)20-6-4-3-5-7-20/h3-18H,1-2H3,(H,28,31). The Morgan fingerprint density at radius 3 is 2.22 bits per heavy atom. The second kappa shape index (κ2) is 9.26. The summed E-state index contributed by atoms with van der Waals surface area (Å²) in [6, 6.07) is 23.6. The molecule has 1 atom stereocenters. The number of hydrogen-bond acceptors (Lipinski definition) is 4. The van der Waals surface area contributed by atoms with Crippen molar-refractivity contribution in [1.29, 1.82) is 0 Å². The van der Waals surface area contributed by atoms with E-state index in [1.807, 2.05) is 49.4 Å². The molecule has 32 heavy (non-hydrogen) atoms. The zero-order chi connectivity index (χ0) is 22.5. The average molecular weight is 425 g/mol. The smallest absolute Gasteiger partial charge is 0.255 e. The van der Waals surface area contributed by atoms with E-state index >= 15 is 0 Å². The summed E-state index contributed by atoms with van der Waals surface area (Å²) in [6.45, 7) is 1.98. The van der Waals surface area contributed by atoms with E-state index < -0.39 is 0 Å². The summed E-state index contributed by atoms with van der Waals surface area (Å²) in [4.78, 5) is 30.9. The molecule has 2 amide bonds. The van der Waals surface area contributed by atoms with E-state index in [0.29, 0.717) is 16.8 Å². The largest absolute Gasteiger partial charge is 0.335 e. The lowest BCUT2D eigenvalue weighted by Crippen LogP contribution is -2.29. The van der Waals surface area contributed by atoms with Gasteiger partial charge in [-0.25, -0.2) is 9.67 Å². The Labute approximate surface area is 186 Å². The Morgan fingerprint density at radius 1 is 0.906 bits per heavy atom. The lowest BCUT2D eigenvalue weighted by Gasteiger charge is -2.25. The van der Waals surface area contributed by atoms with Gasteiger partial charge in [0.05, 0.1) is 11.7 Å². The van der Waals surface area contributed by atoms with Gasteiger partial charge in [0, 0.05) is 23.9 Å². The van der Waals surface area contributed by atoms with Crippen molar-refractivity contribution in [3.8, 4) is 5.69 Å². The number of hydrogen-bond donors (Lipinski definition) is 1. The van der Waals surface area contributed by atoms with Gasteiger partial charge in [-0.1, -0.05) is 30.3 Å². The summed E-state index contributed by atoms with van der Waals surface area (Å²) < 4.78 is 1.68. The van der Waals surface area contributed by atoms with Crippen LogP contribution in [0.3, 0.4) is 0 Å². The van der Waals surface area contributed by atoms with E-state index in [-0.39, 0.29) is 17.9 Å². The van der Waals surface area contributed by atoms with Crippen molar-refractivity contribution < 1.29 is 9.59 Å². The van der Waals surface area contributed by atoms with E-state index in [9.17, 15) is 9.59 Å². The fraction of sp³-hybridized carbons (Fsp3) is 0.120. The number of carbonyl (C=O) groups is 2. The Balaban J connectivity index is 1.41. The first kappa shape index (κ1) is 21.0. The summed E-state index contributed by atoms with van der Waals surface area (Å²) in [6.07, 6.45) is 3.13. The third kappa shape index (κ3) is 4.57. The van der Waals surface area contributed by atoms with Gasteiger partial charge >= 0.3 is 0 Å². The predicted molar refractivity (Wildman–Crippen MR) is 123 cm³/mol. The minimum absolute atomic E-state index is 0.0983. The Hall–Kier alpha value is -4.26. The highest BCUT2D eigenvalue weighted by molar-refractivity contribution is 6.04. The van der Waals surface area contributed by atoms with Gasteiger partial charge in [-0.05, 0) is 61.0 Å². The van der Waals surface area contributed by atoms with Crippen LogP contribution in [0.5, 0.6) is 0 Å². The maximum absolute atomic E-state index is 13.0. The van der Waals surface area contributed by atoms with Gasteiger partial charge in [0.15, 0.2) is 0 Å². The lowest BCUT2D eigenvalue weighted by atomic mass is 10.1. The molecule has 160 valence electrons. The van der Waals surface area contributed by atoms with Gasteiger partial charge < -0.3 is 10.2 Å². The fourth-order valence-corrected chi connectivity index (χ4v) is 3.34. The number of carbonyl (C=O) groups excluding carboxylic acids is 2. The van der Waals surface area contributed by atoms with Crippen molar-refractivity contribution in [1.82, 2.24) is 19.7 Å². The Morgan fingerprint density at radius 2 is 1.59 bits per heavy atom. The molecule has 0 bridgehead atoms. The molecule has 1 aromatic heterocycles. The quantitative estimate of drug-likeness (QED) is 0.498. The Kier molecular flexibility index (Phi) is 6.07. The summed E-state index contributed by atoms with van der Waals surface area (Å²) in [5, 5.41) is 6.96. The topological polar surface area (TPSA) is 80.1 Å². The van der Waals surface area contributed by atoms with Gasteiger partial charge in [-0.2, -0.15) is 5.10 Å². The summed E-state index contributed by atoms with van der Waals surface area (Å²) in [5.41, 5.74) is 3.68. The molecule has 7 nitrogen and oxygen atoms in total. The summed E-state index contributed by atoms with van der Waals surface area (Å²) >= 11 is 0. The number of rotatable bonds is 6. The molecular formula is C25H23N5O2. The van der Waals surface area contributed by atoms with Crippen LogP contribution in [0.4, 0.5) is 5.69 Å². The van der Waals surface area contributed by atoms with Crippen molar-refractivity contribution in [2.24, 2.45) is 0 Å². The van der Waals surface area contributed by atoms with Gasteiger partial charge in [0.2, 0.25) is 0 Å². The van der Waals surface area contributed by atoms with Gasteiger partial charge in [-0.15, -0.1) is 0 Å². The number of amides is 2. The maximum Gasteiger partial charge on any atom is 0.255 e. The van der Waals surface area contributed by atoms with Gasteiger partial charge in [0.25, 0.3) is 11.8 Å². The van der Waals surface area contributed by atoms with E-state index in [4.69, 9.17) is 0 Å². The molecular weight excluding hydrogens is 402 g/mol. The van der Waals surface area contributed by atoms with Crippen LogP contribution in [-0.4, -0.2) is 38.5 Å². The molecule has 0 fully saturated rings. The van der Waals surface area contributed by atoms with Crippen molar-refractivity contribution in [2.75, 3.05) is 12.4 Å². The Bertz CT molecular complexity index is 1190. The lowest BCUT2D eigenvalue weighted by molar-refractivity contribution is 0.0742. The molecule has 4 rings (SSSR count). The number of nitrogens with zero attached hydrogens (tertiary/aromatic N) is 4. The highest BCUT2D eigenvalue weighted by Crippen LogP contribution is 2.22. The molecule has 7 heteroatoms. The molecule has 1 N–H and O–H groups in total.